The van der Waals surface area contributed by atoms with Crippen LogP contribution in [0.3, 0.4) is 0 Å². The Balaban J connectivity index is 2.63. The molecule has 0 atom stereocenters. The van der Waals surface area contributed by atoms with Gasteiger partial charge >= 0.3 is 0 Å². The molecule has 0 saturated carbocycles. The van der Waals surface area contributed by atoms with Crippen molar-refractivity contribution >= 4 is 0 Å². The van der Waals surface area contributed by atoms with Gasteiger partial charge in [-0.2, -0.15) is 0 Å². The highest BCUT2D eigenvalue weighted by molar-refractivity contribution is 5.27. The van der Waals surface area contributed by atoms with Gasteiger partial charge in [-0.3, -0.25) is 5.73 Å². The van der Waals surface area contributed by atoms with Crippen LogP contribution in [0.1, 0.15) is 12.0 Å². The Morgan fingerprint density at radius 1 is 1.24 bits per heavy atom. The van der Waals surface area contributed by atoms with Gasteiger partial charge in [-0.25, -0.2) is 0 Å². The monoisotopic (exact) mass is 238 g/mol. The predicted molar refractivity (Wildman–Crippen MR) is 70.5 cm³/mol. The van der Waals surface area contributed by atoms with Crippen LogP contribution in [0.15, 0.2) is 24.3 Å². The maximum atomic E-state index is 5.55. The quantitative estimate of drug-likeness (QED) is 0.548. The summed E-state index contributed by atoms with van der Waals surface area (Å²) in [4.78, 5) is 0. The van der Waals surface area contributed by atoms with E-state index in [0.717, 1.165) is 36.3 Å². The van der Waals surface area contributed by atoms with Crippen molar-refractivity contribution in [2.45, 2.75) is 13.0 Å². The van der Waals surface area contributed by atoms with Gasteiger partial charge in [0.15, 0.2) is 0 Å². The third kappa shape index (κ3) is 5.17. The van der Waals surface area contributed by atoms with Gasteiger partial charge in [0.2, 0.25) is 0 Å². The second-order valence-electron chi connectivity index (χ2n) is 4.92. The van der Waals surface area contributed by atoms with Gasteiger partial charge in [0, 0.05) is 12.0 Å². The van der Waals surface area contributed by atoms with Gasteiger partial charge in [-0.15, -0.1) is 0 Å². The van der Waals surface area contributed by atoms with Crippen molar-refractivity contribution < 1.29 is 9.22 Å². The molecule has 17 heavy (non-hydrogen) atoms. The minimum absolute atomic E-state index is 0.217. The van der Waals surface area contributed by atoms with Crippen molar-refractivity contribution in [3.05, 3.63) is 29.8 Å². The summed E-state index contributed by atoms with van der Waals surface area (Å²) in [6.45, 7) is 3.02. The molecule has 0 unspecified atom stereocenters. The Bertz CT molecular complexity index is 339. The summed E-state index contributed by atoms with van der Waals surface area (Å²) in [5.74, 6) is 0.837. The van der Waals surface area contributed by atoms with Crippen molar-refractivity contribution in [3.8, 4) is 5.75 Å². The first kappa shape index (κ1) is 14.0. The van der Waals surface area contributed by atoms with E-state index in [2.05, 4.69) is 26.2 Å². The molecule has 0 heterocycles. The van der Waals surface area contributed by atoms with Crippen LogP contribution in [-0.2, 0) is 6.54 Å². The molecule has 96 valence electrons. The maximum absolute atomic E-state index is 5.55. The van der Waals surface area contributed by atoms with Crippen molar-refractivity contribution in [1.82, 2.24) is 0 Å². The van der Waals surface area contributed by atoms with Crippen molar-refractivity contribution in [1.29, 1.82) is 0 Å². The summed E-state index contributed by atoms with van der Waals surface area (Å²) in [7, 11) is 4.43. The number of benzene rings is 1. The average molecular weight is 238 g/mol. The fraction of sp³-hybridized carbons (Fsp3) is 0.538. The van der Waals surface area contributed by atoms with Gasteiger partial charge in [-0.05, 0) is 18.7 Å². The standard InChI is InChI=1S/C13H24N3O/c1-16(2,8-4-7-14)10-12-5-3-6-13(9-12)17-11-15/h3,5-6,9H,4,7-8,10-11,14-15H2,1-2H3/q+1. The molecule has 1 aromatic carbocycles. The first-order chi connectivity index (χ1) is 8.07. The van der Waals surface area contributed by atoms with E-state index in [1.807, 2.05) is 12.1 Å². The fourth-order valence-corrected chi connectivity index (χ4v) is 1.92. The Kier molecular flexibility index (Phi) is 5.41. The lowest BCUT2D eigenvalue weighted by Gasteiger charge is -2.29. The second-order valence-corrected chi connectivity index (χ2v) is 4.92. The largest absolute Gasteiger partial charge is 0.479 e. The Morgan fingerprint density at radius 3 is 2.65 bits per heavy atom. The zero-order chi connectivity index (χ0) is 12.7. The highest BCUT2D eigenvalue weighted by atomic mass is 16.5. The number of ether oxygens (including phenoxy) is 1. The lowest BCUT2D eigenvalue weighted by atomic mass is 10.2. The Morgan fingerprint density at radius 2 is 2.00 bits per heavy atom. The molecule has 0 aliphatic carbocycles. The summed E-state index contributed by atoms with van der Waals surface area (Å²) >= 11 is 0. The van der Waals surface area contributed by atoms with E-state index >= 15 is 0 Å². The number of nitrogens with zero attached hydrogens (tertiary/aromatic N) is 1. The molecule has 0 aliphatic heterocycles. The summed E-state index contributed by atoms with van der Waals surface area (Å²) in [5, 5.41) is 0. The van der Waals surface area contributed by atoms with Crippen LogP contribution in [0, 0.1) is 0 Å². The predicted octanol–water partition coefficient (Wildman–Crippen LogP) is 0.907. The summed E-state index contributed by atoms with van der Waals surface area (Å²) in [6, 6.07) is 8.10. The Labute approximate surface area is 104 Å². The van der Waals surface area contributed by atoms with Crippen LogP contribution in [0.25, 0.3) is 0 Å². The zero-order valence-corrected chi connectivity index (χ0v) is 10.9. The second kappa shape index (κ2) is 6.59. The van der Waals surface area contributed by atoms with Gasteiger partial charge in [0.05, 0.1) is 20.6 Å². The van der Waals surface area contributed by atoms with Gasteiger partial charge < -0.3 is 15.0 Å². The lowest BCUT2D eigenvalue weighted by molar-refractivity contribution is -0.903. The third-order valence-corrected chi connectivity index (χ3v) is 2.73. The normalized spacial score (nSPS) is 11.5. The van der Waals surface area contributed by atoms with Crippen LogP contribution in [-0.4, -0.2) is 38.4 Å². The van der Waals surface area contributed by atoms with Crippen LogP contribution in [0.4, 0.5) is 0 Å². The molecule has 1 aromatic rings. The Hall–Kier alpha value is -1.10. The smallest absolute Gasteiger partial charge is 0.137 e. The van der Waals surface area contributed by atoms with E-state index in [1.54, 1.807) is 0 Å². The van der Waals surface area contributed by atoms with Crippen LogP contribution < -0.4 is 16.2 Å². The van der Waals surface area contributed by atoms with Gasteiger partial charge in [0.1, 0.15) is 19.0 Å². The topological polar surface area (TPSA) is 61.3 Å². The molecule has 0 radical (unpaired) electrons. The molecule has 0 amide bonds. The fourth-order valence-electron chi connectivity index (χ4n) is 1.92. The number of nitrogens with two attached hydrogens (primary N) is 2. The van der Waals surface area contributed by atoms with E-state index in [-0.39, 0.29) is 6.73 Å². The molecule has 1 rings (SSSR count). The van der Waals surface area contributed by atoms with E-state index in [4.69, 9.17) is 16.2 Å². The van der Waals surface area contributed by atoms with Crippen molar-refractivity contribution in [3.63, 3.8) is 0 Å². The van der Waals surface area contributed by atoms with Crippen molar-refractivity contribution in [2.24, 2.45) is 11.5 Å². The lowest BCUT2D eigenvalue weighted by Crippen LogP contribution is -2.40. The zero-order valence-electron chi connectivity index (χ0n) is 10.9. The molecule has 0 fully saturated rings. The van der Waals surface area contributed by atoms with Crippen LogP contribution >= 0.6 is 0 Å². The summed E-state index contributed by atoms with van der Waals surface area (Å²) < 4.78 is 6.23. The number of hydrogen-bond acceptors (Lipinski definition) is 3. The first-order valence-corrected chi connectivity index (χ1v) is 6.01. The molecule has 0 saturated heterocycles. The molecule has 0 aromatic heterocycles. The molecule has 4 nitrogen and oxygen atoms in total. The minimum Gasteiger partial charge on any atom is -0.479 e. The highest BCUT2D eigenvalue weighted by Gasteiger charge is 2.15. The van der Waals surface area contributed by atoms with Crippen molar-refractivity contribution in [2.75, 3.05) is 33.9 Å². The highest BCUT2D eigenvalue weighted by Crippen LogP contribution is 2.16. The SMILES string of the molecule is C[N+](C)(CCCN)Cc1cccc(OCN)c1. The third-order valence-electron chi connectivity index (χ3n) is 2.73. The molecule has 0 aliphatic rings. The van der Waals surface area contributed by atoms with E-state index in [9.17, 15) is 0 Å². The first-order valence-electron chi connectivity index (χ1n) is 6.01. The van der Waals surface area contributed by atoms with Crippen LogP contribution in [0.2, 0.25) is 0 Å². The molecular weight excluding hydrogens is 214 g/mol. The van der Waals surface area contributed by atoms with Gasteiger partial charge in [-0.1, -0.05) is 12.1 Å². The molecular formula is C13H24N3O+. The number of rotatable bonds is 7. The molecule has 4 heteroatoms. The van der Waals surface area contributed by atoms with Crippen LogP contribution in [0.5, 0.6) is 5.75 Å². The van der Waals surface area contributed by atoms with Gasteiger partial charge in [0.25, 0.3) is 0 Å². The maximum Gasteiger partial charge on any atom is 0.137 e. The summed E-state index contributed by atoms with van der Waals surface area (Å²) in [5.41, 5.74) is 12.2. The molecule has 0 bridgehead atoms. The van der Waals surface area contributed by atoms with E-state index in [0.29, 0.717) is 0 Å². The number of quaternary nitrogens is 1. The minimum atomic E-state index is 0.217. The number of hydrogen-bond donors (Lipinski definition) is 2. The van der Waals surface area contributed by atoms with E-state index in [1.165, 1.54) is 5.56 Å². The van der Waals surface area contributed by atoms with E-state index < -0.39 is 0 Å². The molecule has 4 N–H and O–H groups in total. The molecule has 0 spiro atoms. The summed E-state index contributed by atoms with van der Waals surface area (Å²) in [6.07, 6.45) is 1.05. The average Bonchev–Trinajstić information content (AvgIpc) is 2.27.